The van der Waals surface area contributed by atoms with Crippen LogP contribution in [0.2, 0.25) is 5.02 Å². The summed E-state index contributed by atoms with van der Waals surface area (Å²) in [5.41, 5.74) is 1.24. The first kappa shape index (κ1) is 20.0. The van der Waals surface area contributed by atoms with Crippen LogP contribution in [0, 0.1) is 0 Å². The number of carbonyl (C=O) groups is 2. The first-order valence-electron chi connectivity index (χ1n) is 8.26. The number of anilines is 3. The molecular formula is C18H18ClN3O5S. The molecule has 2 N–H and O–H groups in total. The fourth-order valence-electron chi connectivity index (χ4n) is 2.78. The number of nitrogens with one attached hydrogen (secondary N) is 2. The van der Waals surface area contributed by atoms with E-state index in [1.165, 1.54) is 19.1 Å². The van der Waals surface area contributed by atoms with Gasteiger partial charge in [-0.15, -0.1) is 0 Å². The highest BCUT2D eigenvalue weighted by Gasteiger charge is 2.35. The molecule has 1 aliphatic heterocycles. The molecule has 1 heterocycles. The number of ether oxygens (including phenoxy) is 1. The molecule has 0 fully saturated rings. The van der Waals surface area contributed by atoms with Gasteiger partial charge in [-0.05, 0) is 36.4 Å². The van der Waals surface area contributed by atoms with Crippen molar-refractivity contribution in [3.8, 4) is 5.75 Å². The van der Waals surface area contributed by atoms with E-state index in [2.05, 4.69) is 10.6 Å². The van der Waals surface area contributed by atoms with Gasteiger partial charge in [-0.1, -0.05) is 17.7 Å². The summed E-state index contributed by atoms with van der Waals surface area (Å²) in [4.78, 5) is 23.9. The summed E-state index contributed by atoms with van der Waals surface area (Å²) in [6, 6.07) is 11.1. The average molecular weight is 424 g/mol. The topological polar surface area (TPSA) is 105 Å². The highest BCUT2D eigenvalue weighted by molar-refractivity contribution is 7.92. The highest BCUT2D eigenvalue weighted by Crippen LogP contribution is 2.37. The normalized spacial score (nSPS) is 16.0. The van der Waals surface area contributed by atoms with Crippen LogP contribution in [0.1, 0.15) is 6.92 Å². The number of carbonyl (C=O) groups excluding carboxylic acids is 2. The van der Waals surface area contributed by atoms with Gasteiger partial charge in [0.25, 0.3) is 5.91 Å². The van der Waals surface area contributed by atoms with Crippen LogP contribution in [0.15, 0.2) is 42.5 Å². The Morgan fingerprint density at radius 3 is 2.46 bits per heavy atom. The lowest BCUT2D eigenvalue weighted by Crippen LogP contribution is -2.48. The summed E-state index contributed by atoms with van der Waals surface area (Å²) < 4.78 is 31.2. The monoisotopic (exact) mass is 423 g/mol. The zero-order valence-corrected chi connectivity index (χ0v) is 16.7. The minimum Gasteiger partial charge on any atom is -0.476 e. The van der Waals surface area contributed by atoms with Crippen molar-refractivity contribution in [2.75, 3.05) is 27.7 Å². The highest BCUT2D eigenvalue weighted by atomic mass is 35.5. The number of hydrogen-bond acceptors (Lipinski definition) is 5. The number of sulfonamides is 1. The van der Waals surface area contributed by atoms with Gasteiger partial charge in [0.2, 0.25) is 15.9 Å². The van der Waals surface area contributed by atoms with Crippen LogP contribution in [-0.2, 0) is 19.6 Å². The maximum Gasteiger partial charge on any atom is 0.267 e. The third-order valence-electron chi connectivity index (χ3n) is 3.93. The molecule has 2 aromatic carbocycles. The molecule has 3 rings (SSSR count). The molecule has 2 aromatic rings. The Bertz CT molecular complexity index is 1040. The van der Waals surface area contributed by atoms with E-state index < -0.39 is 22.0 Å². The van der Waals surface area contributed by atoms with Gasteiger partial charge >= 0.3 is 0 Å². The van der Waals surface area contributed by atoms with Gasteiger partial charge in [-0.25, -0.2) is 8.42 Å². The van der Waals surface area contributed by atoms with Crippen LogP contribution in [0.4, 0.5) is 17.1 Å². The Hall–Kier alpha value is -2.78. The van der Waals surface area contributed by atoms with Crippen molar-refractivity contribution < 1.29 is 22.7 Å². The fourth-order valence-corrected chi connectivity index (χ4v) is 3.85. The molecule has 8 nitrogen and oxygen atoms in total. The van der Waals surface area contributed by atoms with E-state index in [0.29, 0.717) is 16.4 Å². The van der Waals surface area contributed by atoms with Gasteiger partial charge in [0.1, 0.15) is 5.75 Å². The van der Waals surface area contributed by atoms with Gasteiger partial charge in [0, 0.05) is 23.3 Å². The first-order valence-corrected chi connectivity index (χ1v) is 10.5. The minimum absolute atomic E-state index is 0.191. The predicted molar refractivity (Wildman–Crippen MR) is 107 cm³/mol. The van der Waals surface area contributed by atoms with E-state index in [4.69, 9.17) is 16.3 Å². The van der Waals surface area contributed by atoms with E-state index in [1.807, 2.05) is 0 Å². The van der Waals surface area contributed by atoms with E-state index in [1.54, 1.807) is 30.3 Å². The number of nitrogens with zero attached hydrogens (tertiary/aromatic N) is 1. The van der Waals surface area contributed by atoms with E-state index >= 15 is 0 Å². The van der Waals surface area contributed by atoms with E-state index in [9.17, 15) is 18.0 Å². The lowest BCUT2D eigenvalue weighted by Gasteiger charge is -2.34. The van der Waals surface area contributed by atoms with Crippen LogP contribution in [0.25, 0.3) is 0 Å². The molecule has 2 amide bonds. The molecule has 0 bridgehead atoms. The maximum absolute atomic E-state index is 12.7. The maximum atomic E-state index is 12.7. The SMILES string of the molecule is CC(=O)Nc1cccc(NC(=O)[C@@H]2CN(S(C)(=O)=O)c3cc(Cl)ccc3O2)c1. The zero-order valence-electron chi connectivity index (χ0n) is 15.1. The van der Waals surface area contributed by atoms with Crippen molar-refractivity contribution in [2.24, 2.45) is 0 Å². The van der Waals surface area contributed by atoms with Crippen LogP contribution >= 0.6 is 11.6 Å². The number of rotatable bonds is 4. The van der Waals surface area contributed by atoms with Gasteiger partial charge < -0.3 is 15.4 Å². The molecule has 0 radical (unpaired) electrons. The Kier molecular flexibility index (Phi) is 5.48. The lowest BCUT2D eigenvalue weighted by atomic mass is 10.2. The summed E-state index contributed by atoms with van der Waals surface area (Å²) in [6.45, 7) is 1.19. The Morgan fingerprint density at radius 1 is 1.14 bits per heavy atom. The standard InChI is InChI=1S/C18H18ClN3O5S/c1-11(23)20-13-4-3-5-14(9-13)21-18(24)17-10-22(28(2,25)26)15-8-12(19)6-7-16(15)27-17/h3-9,17H,10H2,1-2H3,(H,20,23)(H,21,24)/t17-/m0/s1. The molecular weight excluding hydrogens is 406 g/mol. The van der Waals surface area contributed by atoms with Gasteiger partial charge in [0.15, 0.2) is 6.10 Å². The Labute approximate surface area is 167 Å². The number of benzene rings is 2. The van der Waals surface area contributed by atoms with Gasteiger partial charge in [-0.3, -0.25) is 13.9 Å². The molecule has 0 spiro atoms. The first-order chi connectivity index (χ1) is 13.1. The summed E-state index contributed by atoms with van der Waals surface area (Å²) in [6.07, 6.45) is -0.0117. The average Bonchev–Trinajstić information content (AvgIpc) is 2.59. The Morgan fingerprint density at radius 2 is 1.82 bits per heavy atom. The van der Waals surface area contributed by atoms with Gasteiger partial charge in [-0.2, -0.15) is 0 Å². The number of halogens is 1. The van der Waals surface area contributed by atoms with Crippen molar-refractivity contribution in [1.82, 2.24) is 0 Å². The zero-order chi connectivity index (χ0) is 20.5. The molecule has 0 aromatic heterocycles. The second-order valence-corrected chi connectivity index (χ2v) is 8.61. The van der Waals surface area contributed by atoms with E-state index in [0.717, 1.165) is 10.6 Å². The van der Waals surface area contributed by atoms with Crippen molar-refractivity contribution in [3.05, 3.63) is 47.5 Å². The fraction of sp³-hybridized carbons (Fsp3) is 0.222. The number of amides is 2. The third-order valence-corrected chi connectivity index (χ3v) is 5.32. The van der Waals surface area contributed by atoms with Crippen molar-refractivity contribution in [1.29, 1.82) is 0 Å². The van der Waals surface area contributed by atoms with Crippen LogP contribution in [-0.4, -0.2) is 39.1 Å². The second-order valence-electron chi connectivity index (χ2n) is 6.26. The molecule has 1 aliphatic rings. The molecule has 0 saturated carbocycles. The molecule has 10 heteroatoms. The lowest BCUT2D eigenvalue weighted by molar-refractivity contribution is -0.122. The number of hydrogen-bond donors (Lipinski definition) is 2. The molecule has 148 valence electrons. The predicted octanol–water partition coefficient (Wildman–Crippen LogP) is 2.46. The van der Waals surface area contributed by atoms with Gasteiger partial charge in [0.05, 0.1) is 18.5 Å². The summed E-state index contributed by atoms with van der Waals surface area (Å²) in [7, 11) is -3.65. The quantitative estimate of drug-likeness (QED) is 0.785. The summed E-state index contributed by atoms with van der Waals surface area (Å²) in [5, 5.41) is 5.65. The molecule has 28 heavy (non-hydrogen) atoms. The molecule has 1 atom stereocenters. The van der Waals surface area contributed by atoms with Crippen molar-refractivity contribution in [2.45, 2.75) is 13.0 Å². The smallest absolute Gasteiger partial charge is 0.267 e. The van der Waals surface area contributed by atoms with Crippen molar-refractivity contribution in [3.63, 3.8) is 0 Å². The summed E-state index contributed by atoms with van der Waals surface area (Å²) in [5.74, 6) is -0.513. The molecule has 0 aliphatic carbocycles. The Balaban J connectivity index is 1.83. The van der Waals surface area contributed by atoms with E-state index in [-0.39, 0.29) is 23.9 Å². The minimum atomic E-state index is -3.65. The molecule has 0 saturated heterocycles. The van der Waals surface area contributed by atoms with Crippen LogP contribution in [0.5, 0.6) is 5.75 Å². The van der Waals surface area contributed by atoms with Crippen LogP contribution < -0.4 is 19.7 Å². The van der Waals surface area contributed by atoms with Crippen molar-refractivity contribution >= 4 is 50.5 Å². The molecule has 0 unspecified atom stereocenters. The number of fused-ring (bicyclic) bond motifs is 1. The summed E-state index contributed by atoms with van der Waals surface area (Å²) >= 11 is 5.96. The third kappa shape index (κ3) is 4.55. The largest absolute Gasteiger partial charge is 0.476 e. The second kappa shape index (κ2) is 7.69. The van der Waals surface area contributed by atoms with Crippen LogP contribution in [0.3, 0.4) is 0 Å².